The summed E-state index contributed by atoms with van der Waals surface area (Å²) in [6.45, 7) is 5.38. The molecule has 0 saturated heterocycles. The number of hydrazone groups is 1. The molecule has 1 heterocycles. The van der Waals surface area contributed by atoms with E-state index < -0.39 is 16.8 Å². The van der Waals surface area contributed by atoms with Gasteiger partial charge in [-0.3, -0.25) is 14.9 Å². The number of carbonyl (C=O) groups excluding carboxylic acids is 2. The van der Waals surface area contributed by atoms with E-state index in [9.17, 15) is 19.7 Å². The van der Waals surface area contributed by atoms with Gasteiger partial charge in [-0.2, -0.15) is 5.10 Å². The van der Waals surface area contributed by atoms with Crippen molar-refractivity contribution < 1.29 is 28.7 Å². The van der Waals surface area contributed by atoms with E-state index in [-0.39, 0.29) is 17.9 Å². The van der Waals surface area contributed by atoms with Gasteiger partial charge < -0.3 is 18.8 Å². The largest absolute Gasteiger partial charge is 0.497 e. The molecule has 188 valence electrons. The summed E-state index contributed by atoms with van der Waals surface area (Å²) in [6, 6.07) is 10.9. The van der Waals surface area contributed by atoms with Gasteiger partial charge in [0.1, 0.15) is 17.1 Å². The first-order valence-corrected chi connectivity index (χ1v) is 10.9. The Balaban J connectivity index is 1.86. The van der Waals surface area contributed by atoms with Crippen LogP contribution in [0.2, 0.25) is 0 Å². The predicted molar refractivity (Wildman–Crippen MR) is 132 cm³/mol. The zero-order valence-corrected chi connectivity index (χ0v) is 20.5. The Morgan fingerprint density at radius 1 is 1.08 bits per heavy atom. The maximum absolute atomic E-state index is 12.5. The molecule has 0 spiro atoms. The molecule has 0 bridgehead atoms. The van der Waals surface area contributed by atoms with Crippen molar-refractivity contribution in [2.24, 2.45) is 5.10 Å². The summed E-state index contributed by atoms with van der Waals surface area (Å²) in [5, 5.41) is 15.7. The van der Waals surface area contributed by atoms with Gasteiger partial charge in [0.15, 0.2) is 0 Å². The van der Waals surface area contributed by atoms with Crippen LogP contribution in [0.15, 0.2) is 47.6 Å². The highest BCUT2D eigenvalue weighted by Gasteiger charge is 2.23. The third-order valence-electron chi connectivity index (χ3n) is 5.39. The number of hydrogen-bond donors (Lipinski definition) is 1. The van der Waals surface area contributed by atoms with Gasteiger partial charge in [0.25, 0.3) is 11.6 Å². The van der Waals surface area contributed by atoms with Gasteiger partial charge in [0.2, 0.25) is 0 Å². The van der Waals surface area contributed by atoms with Crippen molar-refractivity contribution in [2.45, 2.75) is 20.8 Å². The Morgan fingerprint density at radius 2 is 1.75 bits per heavy atom. The maximum Gasteiger partial charge on any atom is 0.345 e. The summed E-state index contributed by atoms with van der Waals surface area (Å²) in [7, 11) is 2.98. The van der Waals surface area contributed by atoms with Gasteiger partial charge in [-0.1, -0.05) is 0 Å². The number of esters is 1. The van der Waals surface area contributed by atoms with E-state index >= 15 is 0 Å². The van der Waals surface area contributed by atoms with Crippen molar-refractivity contribution in [3.05, 3.63) is 80.7 Å². The minimum absolute atomic E-state index is 0.109. The fourth-order valence-electron chi connectivity index (χ4n) is 3.67. The molecule has 0 aliphatic rings. The summed E-state index contributed by atoms with van der Waals surface area (Å²) < 4.78 is 17.1. The molecule has 3 aromatic rings. The quantitative estimate of drug-likeness (QED) is 0.206. The van der Waals surface area contributed by atoms with Crippen molar-refractivity contribution in [3.8, 4) is 17.2 Å². The lowest BCUT2D eigenvalue weighted by Crippen LogP contribution is -2.17. The average Bonchev–Trinajstić information content (AvgIpc) is 3.15. The van der Waals surface area contributed by atoms with Crippen LogP contribution >= 0.6 is 0 Å². The van der Waals surface area contributed by atoms with Crippen molar-refractivity contribution >= 4 is 23.8 Å². The molecule has 1 amide bonds. The number of amides is 1. The van der Waals surface area contributed by atoms with Crippen molar-refractivity contribution in [2.75, 3.05) is 20.8 Å². The normalized spacial score (nSPS) is 10.8. The van der Waals surface area contributed by atoms with Gasteiger partial charge in [-0.25, -0.2) is 10.2 Å². The van der Waals surface area contributed by atoms with E-state index in [0.717, 1.165) is 11.4 Å². The Morgan fingerprint density at radius 3 is 2.33 bits per heavy atom. The van der Waals surface area contributed by atoms with Crippen LogP contribution in [-0.4, -0.2) is 48.4 Å². The summed E-state index contributed by atoms with van der Waals surface area (Å²) in [5.41, 5.74) is 5.00. The number of aromatic nitrogens is 1. The van der Waals surface area contributed by atoms with E-state index in [1.807, 2.05) is 19.9 Å². The number of methoxy groups -OCH3 is 2. The van der Waals surface area contributed by atoms with Crippen LogP contribution < -0.4 is 14.9 Å². The van der Waals surface area contributed by atoms with Crippen molar-refractivity contribution in [1.29, 1.82) is 0 Å². The molecule has 11 nitrogen and oxygen atoms in total. The van der Waals surface area contributed by atoms with Gasteiger partial charge in [0.05, 0.1) is 37.7 Å². The zero-order valence-electron chi connectivity index (χ0n) is 20.5. The third-order valence-corrected chi connectivity index (χ3v) is 5.39. The topological polar surface area (TPSA) is 134 Å². The lowest BCUT2D eigenvalue weighted by Gasteiger charge is -2.11. The molecular formula is C25H26N4O7. The molecule has 0 saturated carbocycles. The van der Waals surface area contributed by atoms with Crippen molar-refractivity contribution in [3.63, 3.8) is 0 Å². The molecule has 0 aliphatic heterocycles. The van der Waals surface area contributed by atoms with E-state index in [0.29, 0.717) is 28.3 Å². The number of nitrogens with one attached hydrogen (secondary N) is 1. The Labute approximate surface area is 207 Å². The second-order valence-electron chi connectivity index (χ2n) is 7.64. The average molecular weight is 495 g/mol. The SMILES string of the molecule is CCOC(=O)c1ccc(-n2c(C)cc(/C=N\NC(=O)c3cc(OC)cc(OC)c3)c2C)cc1[N+](=O)[O-]. The minimum Gasteiger partial charge on any atom is -0.497 e. The van der Waals surface area contributed by atoms with Crippen LogP contribution in [0.3, 0.4) is 0 Å². The molecule has 2 aromatic carbocycles. The number of hydrogen-bond acceptors (Lipinski definition) is 8. The number of carbonyl (C=O) groups is 2. The zero-order chi connectivity index (χ0) is 26.4. The summed E-state index contributed by atoms with van der Waals surface area (Å²) in [6.07, 6.45) is 1.48. The van der Waals surface area contributed by atoms with Crippen LogP contribution in [-0.2, 0) is 4.74 Å². The molecule has 3 rings (SSSR count). The number of nitro groups is 1. The Kier molecular flexibility index (Phi) is 8.05. The molecule has 1 N–H and O–H groups in total. The highest BCUT2D eigenvalue weighted by atomic mass is 16.6. The van der Waals surface area contributed by atoms with Crippen LogP contribution in [0.4, 0.5) is 5.69 Å². The molecule has 36 heavy (non-hydrogen) atoms. The first-order valence-electron chi connectivity index (χ1n) is 10.9. The van der Waals surface area contributed by atoms with Crippen LogP contribution in [0, 0.1) is 24.0 Å². The molecule has 0 aliphatic carbocycles. The molecule has 11 heteroatoms. The fraction of sp³-hybridized carbons (Fsp3) is 0.240. The Hall–Kier alpha value is -4.67. The maximum atomic E-state index is 12.5. The monoisotopic (exact) mass is 494 g/mol. The van der Waals surface area contributed by atoms with Crippen LogP contribution in [0.25, 0.3) is 5.69 Å². The summed E-state index contributed by atoms with van der Waals surface area (Å²) >= 11 is 0. The van der Waals surface area contributed by atoms with E-state index in [1.54, 1.807) is 35.8 Å². The van der Waals surface area contributed by atoms with Gasteiger partial charge in [-0.05, 0) is 51.1 Å². The molecular weight excluding hydrogens is 468 g/mol. The molecule has 1 aromatic heterocycles. The molecule has 0 radical (unpaired) electrons. The minimum atomic E-state index is -0.756. The number of nitro benzene ring substituents is 1. The second kappa shape index (κ2) is 11.2. The Bertz CT molecular complexity index is 1320. The van der Waals surface area contributed by atoms with Gasteiger partial charge in [-0.15, -0.1) is 0 Å². The van der Waals surface area contributed by atoms with Gasteiger partial charge >= 0.3 is 5.97 Å². The standard InChI is InChI=1S/C25H26N4O7/c1-6-36-25(31)22-8-7-19(12-23(22)29(32)33)28-15(2)9-18(16(28)3)14-26-27-24(30)17-10-20(34-4)13-21(11-17)35-5/h7-14H,6H2,1-5H3,(H,27,30)/b26-14-. The van der Waals surface area contributed by atoms with Crippen LogP contribution in [0.1, 0.15) is 44.6 Å². The van der Waals surface area contributed by atoms with Crippen molar-refractivity contribution in [1.82, 2.24) is 9.99 Å². The van der Waals surface area contributed by atoms with E-state index in [1.165, 1.54) is 32.6 Å². The smallest absolute Gasteiger partial charge is 0.345 e. The lowest BCUT2D eigenvalue weighted by atomic mass is 10.1. The van der Waals surface area contributed by atoms with E-state index in [2.05, 4.69) is 10.5 Å². The number of ether oxygens (including phenoxy) is 3. The molecule has 0 unspecified atom stereocenters. The number of rotatable bonds is 9. The number of aryl methyl sites for hydroxylation is 1. The fourth-order valence-corrected chi connectivity index (χ4v) is 3.67. The third kappa shape index (κ3) is 5.52. The van der Waals surface area contributed by atoms with Crippen LogP contribution in [0.5, 0.6) is 11.5 Å². The highest BCUT2D eigenvalue weighted by Crippen LogP contribution is 2.27. The summed E-state index contributed by atoms with van der Waals surface area (Å²) in [4.78, 5) is 35.6. The molecule has 0 atom stereocenters. The van der Waals surface area contributed by atoms with E-state index in [4.69, 9.17) is 14.2 Å². The second-order valence-corrected chi connectivity index (χ2v) is 7.64. The first kappa shape index (κ1) is 25.9. The van der Waals surface area contributed by atoms with Gasteiger partial charge in [0, 0.05) is 34.6 Å². The lowest BCUT2D eigenvalue weighted by molar-refractivity contribution is -0.385. The molecule has 0 fully saturated rings. The number of benzene rings is 2. The first-order chi connectivity index (χ1) is 17.2. The predicted octanol–water partition coefficient (Wildman–Crippen LogP) is 3.96. The highest BCUT2D eigenvalue weighted by molar-refractivity contribution is 5.96. The number of nitrogens with zero attached hydrogens (tertiary/aromatic N) is 3. The summed E-state index contributed by atoms with van der Waals surface area (Å²) in [5.74, 6) is -0.276.